The van der Waals surface area contributed by atoms with Crippen LogP contribution in [0, 0.1) is 5.92 Å². The van der Waals surface area contributed by atoms with E-state index >= 15 is 0 Å². The third kappa shape index (κ3) is 3.55. The Morgan fingerprint density at radius 3 is 2.81 bits per heavy atom. The summed E-state index contributed by atoms with van der Waals surface area (Å²) in [6.07, 6.45) is 3.89. The number of hydrogen-bond acceptors (Lipinski definition) is 3. The molecule has 4 atom stereocenters. The van der Waals surface area contributed by atoms with Crippen molar-refractivity contribution in [2.45, 2.75) is 50.7 Å². The predicted molar refractivity (Wildman–Crippen MR) is 121 cm³/mol. The van der Waals surface area contributed by atoms with Crippen LogP contribution in [0.1, 0.15) is 65.3 Å². The largest absolute Gasteiger partial charge is 0.335 e. The van der Waals surface area contributed by atoms with Gasteiger partial charge in [-0.1, -0.05) is 36.4 Å². The van der Waals surface area contributed by atoms with Gasteiger partial charge in [0, 0.05) is 25.2 Å². The third-order valence-corrected chi connectivity index (χ3v) is 7.59. The molecule has 5 nitrogen and oxygen atoms in total. The van der Waals surface area contributed by atoms with Crippen molar-refractivity contribution >= 4 is 11.8 Å². The Bertz CT molecular complexity index is 989. The van der Waals surface area contributed by atoms with Gasteiger partial charge in [0.2, 0.25) is 5.91 Å². The Kier molecular flexibility index (Phi) is 5.30. The van der Waals surface area contributed by atoms with Gasteiger partial charge in [-0.25, -0.2) is 0 Å². The molecular weight excluding hydrogens is 386 g/mol. The van der Waals surface area contributed by atoms with E-state index in [1.807, 2.05) is 36.2 Å². The number of amides is 2. The first kappa shape index (κ1) is 20.3. The minimum Gasteiger partial charge on any atom is -0.335 e. The maximum Gasteiger partial charge on any atom is 0.254 e. The van der Waals surface area contributed by atoms with Gasteiger partial charge in [0.25, 0.3) is 5.91 Å². The molecule has 2 amide bonds. The van der Waals surface area contributed by atoms with Crippen molar-refractivity contribution in [2.75, 3.05) is 20.1 Å². The standard InChI is InChI=1S/C26H31N3O2/c1-17(18-7-4-3-5-8-18)28(2)25(30)20-10-11-21-19(15-20)12-14-29-24(21)16-23-22(26(29)31)9-6-13-27-23/h3-5,7-8,10-11,15,17,22-24,27H,6,9,12-14,16H2,1-2H3/t17-,22+,23+,24+/m1/s1. The molecule has 31 heavy (non-hydrogen) atoms. The average Bonchev–Trinajstić information content (AvgIpc) is 2.83. The highest BCUT2D eigenvalue weighted by atomic mass is 16.2. The molecule has 2 saturated heterocycles. The summed E-state index contributed by atoms with van der Waals surface area (Å²) in [4.78, 5) is 30.2. The highest BCUT2D eigenvalue weighted by molar-refractivity contribution is 5.94. The van der Waals surface area contributed by atoms with Crippen LogP contribution in [0.2, 0.25) is 0 Å². The van der Waals surface area contributed by atoms with E-state index in [1.165, 1.54) is 11.1 Å². The number of piperidine rings is 2. The molecular formula is C26H31N3O2. The molecule has 0 bridgehead atoms. The van der Waals surface area contributed by atoms with Gasteiger partial charge in [-0.15, -0.1) is 0 Å². The average molecular weight is 418 g/mol. The maximum absolute atomic E-state index is 13.2. The first-order valence-electron chi connectivity index (χ1n) is 11.5. The van der Waals surface area contributed by atoms with Crippen LogP contribution in [0.15, 0.2) is 48.5 Å². The van der Waals surface area contributed by atoms with E-state index in [9.17, 15) is 9.59 Å². The summed E-state index contributed by atoms with van der Waals surface area (Å²) in [7, 11) is 1.87. The fourth-order valence-corrected chi connectivity index (χ4v) is 5.65. The van der Waals surface area contributed by atoms with Crippen LogP contribution in [0.25, 0.3) is 0 Å². The Morgan fingerprint density at radius 1 is 1.19 bits per heavy atom. The highest BCUT2D eigenvalue weighted by Crippen LogP contribution is 2.41. The minimum atomic E-state index is 0.00509. The summed E-state index contributed by atoms with van der Waals surface area (Å²) in [6.45, 7) is 3.83. The van der Waals surface area contributed by atoms with Crippen molar-refractivity contribution in [3.05, 3.63) is 70.8 Å². The number of hydrogen-bond donors (Lipinski definition) is 1. The van der Waals surface area contributed by atoms with Crippen molar-refractivity contribution in [2.24, 2.45) is 5.92 Å². The topological polar surface area (TPSA) is 52.7 Å². The lowest BCUT2D eigenvalue weighted by molar-refractivity contribution is -0.145. The van der Waals surface area contributed by atoms with E-state index in [-0.39, 0.29) is 30.0 Å². The van der Waals surface area contributed by atoms with Gasteiger partial charge in [0.15, 0.2) is 0 Å². The first-order chi connectivity index (χ1) is 15.0. The van der Waals surface area contributed by atoms with E-state index in [4.69, 9.17) is 0 Å². The Hall–Kier alpha value is -2.66. The number of rotatable bonds is 3. The molecule has 0 unspecified atom stereocenters. The van der Waals surface area contributed by atoms with Crippen LogP contribution in [0.3, 0.4) is 0 Å². The SMILES string of the molecule is C[C@H](c1ccccc1)N(C)C(=O)c1ccc2c(c1)CCN1C(=O)[C@H]3CCCN[C@H]3C[C@@H]21. The molecule has 0 aliphatic carbocycles. The lowest BCUT2D eigenvalue weighted by Gasteiger charge is -2.48. The summed E-state index contributed by atoms with van der Waals surface area (Å²) in [6, 6.07) is 16.6. The first-order valence-corrected chi connectivity index (χ1v) is 11.5. The van der Waals surface area contributed by atoms with Crippen molar-refractivity contribution in [1.29, 1.82) is 0 Å². The number of nitrogens with zero attached hydrogens (tertiary/aromatic N) is 2. The van der Waals surface area contributed by atoms with E-state index < -0.39 is 0 Å². The van der Waals surface area contributed by atoms with Crippen LogP contribution in [-0.2, 0) is 11.2 Å². The lowest BCUT2D eigenvalue weighted by Crippen LogP contribution is -2.57. The lowest BCUT2D eigenvalue weighted by atomic mass is 9.77. The molecule has 5 rings (SSSR count). The molecule has 3 aliphatic rings. The number of benzene rings is 2. The molecule has 3 aliphatic heterocycles. The van der Waals surface area contributed by atoms with Gasteiger partial charge in [0.05, 0.1) is 18.0 Å². The monoisotopic (exact) mass is 417 g/mol. The van der Waals surface area contributed by atoms with Gasteiger partial charge in [0.1, 0.15) is 0 Å². The zero-order chi connectivity index (χ0) is 21.5. The van der Waals surface area contributed by atoms with Crippen molar-refractivity contribution in [3.63, 3.8) is 0 Å². The maximum atomic E-state index is 13.2. The molecule has 3 heterocycles. The van der Waals surface area contributed by atoms with Crippen LogP contribution >= 0.6 is 0 Å². The highest BCUT2D eigenvalue weighted by Gasteiger charge is 2.44. The van der Waals surface area contributed by atoms with E-state index in [0.29, 0.717) is 5.91 Å². The fourth-order valence-electron chi connectivity index (χ4n) is 5.65. The number of carbonyl (C=O) groups excluding carboxylic acids is 2. The molecule has 0 aromatic heterocycles. The summed E-state index contributed by atoms with van der Waals surface area (Å²) >= 11 is 0. The summed E-state index contributed by atoms with van der Waals surface area (Å²) in [5, 5.41) is 3.58. The second kappa shape index (κ2) is 8.12. The van der Waals surface area contributed by atoms with Crippen molar-refractivity contribution < 1.29 is 9.59 Å². The quantitative estimate of drug-likeness (QED) is 0.828. The smallest absolute Gasteiger partial charge is 0.254 e. The van der Waals surface area contributed by atoms with Crippen LogP contribution in [0.4, 0.5) is 0 Å². The molecule has 0 radical (unpaired) electrons. The Morgan fingerprint density at radius 2 is 2.00 bits per heavy atom. The van der Waals surface area contributed by atoms with E-state index in [1.54, 1.807) is 0 Å². The van der Waals surface area contributed by atoms with Crippen molar-refractivity contribution in [1.82, 2.24) is 15.1 Å². The van der Waals surface area contributed by atoms with Crippen molar-refractivity contribution in [3.8, 4) is 0 Å². The van der Waals surface area contributed by atoms with Crippen LogP contribution in [-0.4, -0.2) is 47.8 Å². The van der Waals surface area contributed by atoms with E-state index in [0.717, 1.165) is 49.9 Å². The van der Waals surface area contributed by atoms with Crippen LogP contribution in [0.5, 0.6) is 0 Å². The molecule has 1 N–H and O–H groups in total. The zero-order valence-electron chi connectivity index (χ0n) is 18.4. The predicted octanol–water partition coefficient (Wildman–Crippen LogP) is 3.72. The van der Waals surface area contributed by atoms with Crippen LogP contribution < -0.4 is 5.32 Å². The van der Waals surface area contributed by atoms with Gasteiger partial charge in [-0.05, 0) is 68.0 Å². The Balaban J connectivity index is 1.38. The van der Waals surface area contributed by atoms with Gasteiger partial charge >= 0.3 is 0 Å². The summed E-state index contributed by atoms with van der Waals surface area (Å²) in [5.41, 5.74) is 4.30. The third-order valence-electron chi connectivity index (χ3n) is 7.59. The van der Waals surface area contributed by atoms with Gasteiger partial charge < -0.3 is 15.1 Å². The number of nitrogens with one attached hydrogen (secondary N) is 1. The normalized spacial score (nSPS) is 25.8. The minimum absolute atomic E-state index is 0.00509. The molecule has 162 valence electrons. The van der Waals surface area contributed by atoms with Gasteiger partial charge in [-0.3, -0.25) is 9.59 Å². The number of fused-ring (bicyclic) bond motifs is 4. The molecule has 2 aromatic carbocycles. The second-order valence-corrected chi connectivity index (χ2v) is 9.26. The molecule has 2 fully saturated rings. The summed E-state index contributed by atoms with van der Waals surface area (Å²) in [5.74, 6) is 0.492. The molecule has 0 saturated carbocycles. The number of carbonyl (C=O) groups is 2. The Labute approximate surface area is 184 Å². The van der Waals surface area contributed by atoms with E-state index in [2.05, 4.69) is 41.4 Å². The molecule has 5 heteroatoms. The molecule has 0 spiro atoms. The zero-order valence-corrected chi connectivity index (χ0v) is 18.4. The molecule has 2 aromatic rings. The second-order valence-electron chi connectivity index (χ2n) is 9.26. The van der Waals surface area contributed by atoms with Gasteiger partial charge in [-0.2, -0.15) is 0 Å². The summed E-state index contributed by atoms with van der Waals surface area (Å²) < 4.78 is 0. The fraction of sp³-hybridized carbons (Fsp3) is 0.462.